The van der Waals surface area contributed by atoms with Crippen molar-refractivity contribution >= 4 is 17.4 Å². The van der Waals surface area contributed by atoms with Crippen LogP contribution in [0, 0.1) is 5.92 Å². The molecule has 19 heavy (non-hydrogen) atoms. The Bertz CT molecular complexity index is 446. The van der Waals surface area contributed by atoms with Crippen LogP contribution in [0.5, 0.6) is 0 Å². The van der Waals surface area contributed by atoms with E-state index in [4.69, 9.17) is 5.73 Å². The zero-order valence-electron chi connectivity index (χ0n) is 11.8. The third-order valence-corrected chi connectivity index (χ3v) is 4.56. The summed E-state index contributed by atoms with van der Waals surface area (Å²) in [5.41, 5.74) is 6.56. The molecule has 106 valence electrons. The molecule has 0 bridgehead atoms. The van der Waals surface area contributed by atoms with E-state index < -0.39 is 0 Å². The number of hydrogen-bond acceptors (Lipinski definition) is 5. The Morgan fingerprint density at radius 1 is 1.53 bits per heavy atom. The van der Waals surface area contributed by atoms with E-state index in [0.717, 1.165) is 25.1 Å². The summed E-state index contributed by atoms with van der Waals surface area (Å²) in [5, 5.41) is 4.09. The van der Waals surface area contributed by atoms with E-state index in [1.807, 2.05) is 18.7 Å². The Kier molecular flexibility index (Phi) is 4.52. The number of amides is 1. The number of aromatic nitrogens is 2. The van der Waals surface area contributed by atoms with Gasteiger partial charge in [0.2, 0.25) is 0 Å². The minimum absolute atomic E-state index is 0.0735. The lowest BCUT2D eigenvalue weighted by atomic mass is 9.93. The maximum Gasteiger partial charge on any atom is 0.267 e. The third kappa shape index (κ3) is 2.95. The first-order chi connectivity index (χ1) is 9.04. The van der Waals surface area contributed by atoms with Crippen molar-refractivity contribution in [2.24, 2.45) is 11.7 Å². The van der Waals surface area contributed by atoms with Crippen molar-refractivity contribution in [1.82, 2.24) is 14.5 Å². The van der Waals surface area contributed by atoms with E-state index in [-0.39, 0.29) is 17.9 Å². The maximum atomic E-state index is 12.7. The topological polar surface area (TPSA) is 72.1 Å². The van der Waals surface area contributed by atoms with E-state index in [1.54, 1.807) is 0 Å². The van der Waals surface area contributed by atoms with Gasteiger partial charge in [-0.15, -0.1) is 5.10 Å². The van der Waals surface area contributed by atoms with Crippen molar-refractivity contribution < 1.29 is 4.79 Å². The summed E-state index contributed by atoms with van der Waals surface area (Å²) in [7, 11) is 0. The highest BCUT2D eigenvalue weighted by atomic mass is 32.1. The predicted octanol–water partition coefficient (Wildman–Crippen LogP) is 1.86. The summed E-state index contributed by atoms with van der Waals surface area (Å²) in [6, 6.07) is 0.275. The molecule has 0 spiro atoms. The summed E-state index contributed by atoms with van der Waals surface area (Å²) in [4.78, 5) is 15.3. The molecule has 1 amide bonds. The van der Waals surface area contributed by atoms with Gasteiger partial charge in [0.1, 0.15) is 4.88 Å². The van der Waals surface area contributed by atoms with Crippen molar-refractivity contribution in [3.63, 3.8) is 0 Å². The van der Waals surface area contributed by atoms with Crippen molar-refractivity contribution in [3.05, 3.63) is 10.6 Å². The fourth-order valence-electron chi connectivity index (χ4n) is 2.51. The molecule has 6 heteroatoms. The highest BCUT2D eigenvalue weighted by molar-refractivity contribution is 7.08. The molecule has 0 radical (unpaired) electrons. The molecule has 2 atom stereocenters. The lowest BCUT2D eigenvalue weighted by Crippen LogP contribution is -2.47. The summed E-state index contributed by atoms with van der Waals surface area (Å²) >= 11 is 1.21. The van der Waals surface area contributed by atoms with E-state index in [0.29, 0.717) is 17.3 Å². The van der Waals surface area contributed by atoms with Gasteiger partial charge in [-0.25, -0.2) is 0 Å². The molecule has 1 aliphatic heterocycles. The van der Waals surface area contributed by atoms with E-state index in [1.165, 1.54) is 11.5 Å². The fraction of sp³-hybridized carbons (Fsp3) is 0.769. The molecular weight excluding hydrogens is 260 g/mol. The zero-order valence-corrected chi connectivity index (χ0v) is 12.6. The fourth-order valence-corrected chi connectivity index (χ4v) is 3.29. The Morgan fingerprint density at radius 2 is 2.26 bits per heavy atom. The smallest absolute Gasteiger partial charge is 0.267 e. The average Bonchev–Trinajstić information content (AvgIpc) is 2.88. The van der Waals surface area contributed by atoms with Gasteiger partial charge in [-0.2, -0.15) is 0 Å². The number of nitrogens with two attached hydrogens (primary N) is 1. The number of nitrogens with zero attached hydrogens (tertiary/aromatic N) is 3. The molecule has 0 saturated carbocycles. The molecule has 0 aromatic carbocycles. The molecule has 1 saturated heterocycles. The Balaban J connectivity index is 2.20. The number of carbonyl (C=O) groups is 1. The van der Waals surface area contributed by atoms with Gasteiger partial charge in [0.05, 0.1) is 5.69 Å². The minimum atomic E-state index is 0.0735. The lowest BCUT2D eigenvalue weighted by molar-refractivity contribution is 0.0570. The van der Waals surface area contributed by atoms with E-state index in [9.17, 15) is 4.79 Å². The Hall–Kier alpha value is -1.01. The first-order valence-electron chi connectivity index (χ1n) is 6.87. The van der Waals surface area contributed by atoms with Gasteiger partial charge in [-0.1, -0.05) is 18.3 Å². The molecular formula is C13H22N4OS. The second kappa shape index (κ2) is 5.96. The molecule has 1 aromatic heterocycles. The van der Waals surface area contributed by atoms with Crippen LogP contribution in [0.15, 0.2) is 0 Å². The molecule has 0 aliphatic carbocycles. The van der Waals surface area contributed by atoms with Crippen molar-refractivity contribution in [3.8, 4) is 0 Å². The number of rotatable bonds is 3. The largest absolute Gasteiger partial charge is 0.335 e. The van der Waals surface area contributed by atoms with Crippen LogP contribution in [-0.2, 0) is 0 Å². The van der Waals surface area contributed by atoms with Gasteiger partial charge in [-0.05, 0) is 49.7 Å². The molecule has 1 fully saturated rings. The number of piperidine rings is 1. The van der Waals surface area contributed by atoms with Gasteiger partial charge >= 0.3 is 0 Å². The quantitative estimate of drug-likeness (QED) is 0.918. The van der Waals surface area contributed by atoms with Crippen molar-refractivity contribution in [2.75, 3.05) is 13.1 Å². The summed E-state index contributed by atoms with van der Waals surface area (Å²) in [5.74, 6) is 0.719. The Labute approximate surface area is 118 Å². The number of likely N-dealkylation sites (tertiary alicyclic amines) is 1. The van der Waals surface area contributed by atoms with Gasteiger partial charge < -0.3 is 10.6 Å². The van der Waals surface area contributed by atoms with Crippen LogP contribution in [0.25, 0.3) is 0 Å². The van der Waals surface area contributed by atoms with Gasteiger partial charge in [0.15, 0.2) is 0 Å². The standard InChI is InChI=1S/C13H22N4OS/c1-8(2)11-12(19-16-15-11)13(18)17-7-10(6-14)5-4-9(17)3/h8-10H,4-7,14H2,1-3H3. The summed E-state index contributed by atoms with van der Waals surface area (Å²) in [6.45, 7) is 7.58. The van der Waals surface area contributed by atoms with Gasteiger partial charge in [0.25, 0.3) is 5.91 Å². The summed E-state index contributed by atoms with van der Waals surface area (Å²) < 4.78 is 3.94. The molecule has 2 rings (SSSR count). The second-order valence-corrected chi connectivity index (χ2v) is 6.38. The van der Waals surface area contributed by atoms with Crippen molar-refractivity contribution in [1.29, 1.82) is 0 Å². The predicted molar refractivity (Wildman–Crippen MR) is 76.3 cm³/mol. The van der Waals surface area contributed by atoms with Crippen LogP contribution in [0.3, 0.4) is 0 Å². The molecule has 2 heterocycles. The van der Waals surface area contributed by atoms with Crippen LogP contribution in [0.2, 0.25) is 0 Å². The number of carbonyl (C=O) groups excluding carboxylic acids is 1. The van der Waals surface area contributed by atoms with Crippen LogP contribution in [0.4, 0.5) is 0 Å². The average molecular weight is 282 g/mol. The van der Waals surface area contributed by atoms with Gasteiger partial charge in [-0.3, -0.25) is 4.79 Å². The molecule has 5 nitrogen and oxygen atoms in total. The van der Waals surface area contributed by atoms with Crippen LogP contribution in [-0.4, -0.2) is 39.5 Å². The molecule has 1 aromatic rings. The van der Waals surface area contributed by atoms with E-state index >= 15 is 0 Å². The highest BCUT2D eigenvalue weighted by Gasteiger charge is 2.31. The highest BCUT2D eigenvalue weighted by Crippen LogP contribution is 2.27. The SMILES string of the molecule is CC(C)c1nnsc1C(=O)N1CC(CN)CCC1C. The third-order valence-electron chi connectivity index (χ3n) is 3.83. The van der Waals surface area contributed by atoms with Crippen LogP contribution in [0.1, 0.15) is 54.9 Å². The van der Waals surface area contributed by atoms with Gasteiger partial charge in [0, 0.05) is 12.6 Å². The summed E-state index contributed by atoms with van der Waals surface area (Å²) in [6.07, 6.45) is 2.14. The van der Waals surface area contributed by atoms with Crippen molar-refractivity contribution in [2.45, 2.75) is 45.6 Å². The first kappa shape index (κ1) is 14.4. The zero-order chi connectivity index (χ0) is 14.0. The maximum absolute atomic E-state index is 12.7. The molecule has 2 unspecified atom stereocenters. The van der Waals surface area contributed by atoms with E-state index in [2.05, 4.69) is 16.5 Å². The molecule has 2 N–H and O–H groups in total. The molecule has 1 aliphatic rings. The van der Waals surface area contributed by atoms with Crippen LogP contribution < -0.4 is 5.73 Å². The second-order valence-electron chi connectivity index (χ2n) is 5.63. The lowest BCUT2D eigenvalue weighted by Gasteiger charge is -2.37. The Morgan fingerprint density at radius 3 is 2.89 bits per heavy atom. The number of hydrogen-bond donors (Lipinski definition) is 1. The minimum Gasteiger partial charge on any atom is -0.335 e. The van der Waals surface area contributed by atoms with Crippen LogP contribution >= 0.6 is 11.5 Å². The normalized spacial score (nSPS) is 23.9. The monoisotopic (exact) mass is 282 g/mol. The first-order valence-corrected chi connectivity index (χ1v) is 7.65.